The van der Waals surface area contributed by atoms with Gasteiger partial charge in [-0.15, -0.1) is 11.8 Å². The second-order valence-corrected chi connectivity index (χ2v) is 11.2. The molecule has 2 aliphatic rings. The molecule has 1 aliphatic heterocycles. The minimum atomic E-state index is -4.64. The van der Waals surface area contributed by atoms with Gasteiger partial charge in [0.25, 0.3) is 5.91 Å². The number of aliphatic hydroxyl groups excluding tert-OH is 1. The molecule has 0 radical (unpaired) electrons. The maximum atomic E-state index is 13.1. The number of rotatable bonds is 9. The van der Waals surface area contributed by atoms with Gasteiger partial charge in [-0.05, 0) is 83.2 Å². The number of anilines is 1. The zero-order valence-electron chi connectivity index (χ0n) is 21.6. The Hall–Kier alpha value is -2.88. The minimum Gasteiger partial charge on any atom is -0.396 e. The summed E-state index contributed by atoms with van der Waals surface area (Å²) in [5.41, 5.74) is 2.83. The Balaban J connectivity index is 1.66. The molecule has 2 heterocycles. The van der Waals surface area contributed by atoms with Crippen molar-refractivity contribution in [3.05, 3.63) is 88.1 Å². The lowest BCUT2D eigenvalue weighted by Gasteiger charge is -2.17. The summed E-state index contributed by atoms with van der Waals surface area (Å²) in [6.45, 7) is 12.0. The first-order chi connectivity index (χ1) is 18.0. The molecular weight excluding hydrogens is 513 g/mol. The van der Waals surface area contributed by atoms with Crippen LogP contribution in [0.4, 0.5) is 18.9 Å². The average Bonchev–Trinajstić information content (AvgIpc) is 3.22. The molecule has 0 bridgehead atoms. The number of carbonyl (C=O) groups excluding carboxylic acids is 1. The fourth-order valence-corrected chi connectivity index (χ4v) is 5.79. The molecule has 4 rings (SSSR count). The van der Waals surface area contributed by atoms with Gasteiger partial charge in [-0.1, -0.05) is 25.6 Å². The highest BCUT2D eigenvalue weighted by molar-refractivity contribution is 8.03. The largest absolute Gasteiger partial charge is 0.433 e. The fraction of sp³-hybridized carbons (Fsp3) is 0.379. The van der Waals surface area contributed by atoms with E-state index in [0.717, 1.165) is 46.0 Å². The van der Waals surface area contributed by atoms with Crippen LogP contribution >= 0.6 is 11.8 Å². The van der Waals surface area contributed by atoms with E-state index < -0.39 is 17.8 Å². The first kappa shape index (κ1) is 28.1. The first-order valence-corrected chi connectivity index (χ1v) is 13.3. The Morgan fingerprint density at radius 1 is 1.32 bits per heavy atom. The van der Waals surface area contributed by atoms with Gasteiger partial charge in [0, 0.05) is 28.6 Å². The lowest BCUT2D eigenvalue weighted by atomic mass is 9.90. The van der Waals surface area contributed by atoms with Crippen molar-refractivity contribution in [1.29, 1.82) is 0 Å². The van der Waals surface area contributed by atoms with Crippen molar-refractivity contribution in [3.63, 3.8) is 0 Å². The number of allylic oxidation sites excluding steroid dienone is 4. The predicted molar refractivity (Wildman–Crippen MR) is 145 cm³/mol. The third-order valence-electron chi connectivity index (χ3n) is 7.43. The molecule has 9 heteroatoms. The number of nitrogens with one attached hydrogen (secondary N) is 1. The number of pyridine rings is 1. The number of hydrogen-bond donors (Lipinski definition) is 2. The monoisotopic (exact) mass is 544 g/mol. The Kier molecular flexibility index (Phi) is 8.20. The van der Waals surface area contributed by atoms with E-state index in [1.54, 1.807) is 6.07 Å². The molecule has 0 spiro atoms. The van der Waals surface area contributed by atoms with Gasteiger partial charge in [0.1, 0.15) is 5.69 Å². The second kappa shape index (κ2) is 11.1. The van der Waals surface area contributed by atoms with E-state index in [9.17, 15) is 23.1 Å². The highest BCUT2D eigenvalue weighted by atomic mass is 32.2. The smallest absolute Gasteiger partial charge is 0.396 e. The molecule has 202 valence electrons. The summed E-state index contributed by atoms with van der Waals surface area (Å²) >= 11 is 1.54. The van der Waals surface area contributed by atoms with Gasteiger partial charge in [0.15, 0.2) is 0 Å². The Bertz CT molecular complexity index is 1300. The number of aryl methyl sites for hydroxylation is 1. The van der Waals surface area contributed by atoms with Crippen molar-refractivity contribution in [2.24, 2.45) is 17.3 Å². The number of amides is 1. The van der Waals surface area contributed by atoms with E-state index in [1.807, 2.05) is 32.1 Å². The number of fused-ring (bicyclic) bond motifs is 1. The van der Waals surface area contributed by atoms with Gasteiger partial charge in [0.2, 0.25) is 0 Å². The van der Waals surface area contributed by atoms with Gasteiger partial charge in [-0.2, -0.15) is 13.2 Å². The second-order valence-electron chi connectivity index (χ2n) is 9.81. The summed E-state index contributed by atoms with van der Waals surface area (Å²) in [5, 5.41) is 12.0. The topological polar surface area (TPSA) is 71.5 Å². The summed E-state index contributed by atoms with van der Waals surface area (Å²) < 4.78 is 44.9. The average molecular weight is 545 g/mol. The Labute approximate surface area is 224 Å². The lowest BCUT2D eigenvalue weighted by Crippen LogP contribution is -2.15. The molecule has 3 atom stereocenters. The van der Waals surface area contributed by atoms with Crippen LogP contribution in [-0.4, -0.2) is 41.6 Å². The van der Waals surface area contributed by atoms with E-state index in [2.05, 4.69) is 29.9 Å². The molecule has 1 aliphatic carbocycles. The third-order valence-corrected chi connectivity index (χ3v) is 8.39. The summed E-state index contributed by atoms with van der Waals surface area (Å²) in [4.78, 5) is 17.1. The molecule has 1 saturated heterocycles. The van der Waals surface area contributed by atoms with Gasteiger partial charge >= 0.3 is 6.18 Å². The molecule has 1 saturated carbocycles. The van der Waals surface area contributed by atoms with Crippen molar-refractivity contribution >= 4 is 28.9 Å². The quantitative estimate of drug-likeness (QED) is 0.352. The number of halogens is 3. The molecule has 1 aromatic heterocycles. The molecule has 2 unspecified atom stereocenters. The fourth-order valence-electron chi connectivity index (χ4n) is 5.16. The number of nitrogens with zero attached hydrogens (tertiary/aromatic N) is 1. The van der Waals surface area contributed by atoms with Crippen LogP contribution in [0.25, 0.3) is 5.57 Å². The number of alkyl halides is 3. The summed E-state index contributed by atoms with van der Waals surface area (Å²) in [6.07, 6.45) is 0.434. The van der Waals surface area contributed by atoms with Crippen LogP contribution in [0.3, 0.4) is 0 Å². The van der Waals surface area contributed by atoms with Crippen molar-refractivity contribution in [3.8, 4) is 0 Å². The van der Waals surface area contributed by atoms with Gasteiger partial charge in [0.05, 0.1) is 19.8 Å². The molecular formula is C29H31F3N2O3S. The zero-order chi connectivity index (χ0) is 27.7. The number of thioether (sulfide) groups is 1. The maximum Gasteiger partial charge on any atom is 0.433 e. The van der Waals surface area contributed by atoms with Gasteiger partial charge < -0.3 is 15.2 Å². The van der Waals surface area contributed by atoms with E-state index in [4.69, 9.17) is 4.74 Å². The van der Waals surface area contributed by atoms with Crippen LogP contribution in [0.5, 0.6) is 0 Å². The van der Waals surface area contributed by atoms with Crippen LogP contribution in [0.15, 0.2) is 65.7 Å². The van der Waals surface area contributed by atoms with E-state index >= 15 is 0 Å². The molecule has 38 heavy (non-hydrogen) atoms. The van der Waals surface area contributed by atoms with E-state index in [-0.39, 0.29) is 17.6 Å². The Morgan fingerprint density at radius 2 is 2.08 bits per heavy atom. The van der Waals surface area contributed by atoms with Crippen molar-refractivity contribution in [2.45, 2.75) is 26.9 Å². The van der Waals surface area contributed by atoms with Crippen molar-refractivity contribution in [1.82, 2.24) is 4.98 Å². The maximum absolute atomic E-state index is 13.1. The normalized spacial score (nSPS) is 23.2. The van der Waals surface area contributed by atoms with E-state index in [1.165, 1.54) is 17.8 Å². The number of carbonyl (C=O) groups is 1. The predicted octanol–water partition coefficient (Wildman–Crippen LogP) is 6.51. The van der Waals surface area contributed by atoms with Crippen LogP contribution in [0.1, 0.15) is 41.0 Å². The third kappa shape index (κ3) is 5.75. The summed E-state index contributed by atoms with van der Waals surface area (Å²) in [6, 6.07) is 7.37. The molecule has 2 N–H and O–H groups in total. The highest BCUT2D eigenvalue weighted by Gasteiger charge is 2.66. The SMILES string of the molecule is C=C(/C=C(\C=C(/C)SCCO)c1cc(NC(=O)c2ccnc(C(F)(F)F)c2)ccc1C)C12COCC1[C@H]2C. The van der Waals surface area contributed by atoms with E-state index in [0.29, 0.717) is 29.9 Å². The zero-order valence-corrected chi connectivity index (χ0v) is 22.4. The first-order valence-electron chi connectivity index (χ1n) is 12.3. The minimum absolute atomic E-state index is 0.0624. The number of benzene rings is 1. The van der Waals surface area contributed by atoms with Gasteiger partial charge in [-0.3, -0.25) is 9.78 Å². The molecule has 2 fully saturated rings. The molecule has 1 aromatic carbocycles. The van der Waals surface area contributed by atoms with Crippen LogP contribution in [0.2, 0.25) is 0 Å². The molecule has 2 aromatic rings. The van der Waals surface area contributed by atoms with Crippen LogP contribution in [-0.2, 0) is 10.9 Å². The molecule has 1 amide bonds. The Morgan fingerprint density at radius 3 is 2.74 bits per heavy atom. The standard InChI is InChI=1S/C29H31F3N2O3S/c1-17-5-6-23(34-27(36)21-7-8-33-26(13-21)29(30,31)32)14-24(17)22(12-19(3)38-10-9-35)11-18(2)28-16-37-15-25(28)20(28)4/h5-8,11-14,20,25,35H,2,9-10,15-16H2,1,3-4H3,(H,34,36)/b19-12+,22-11+/t20-,25?,28?/m1/s1. The van der Waals surface area contributed by atoms with Gasteiger partial charge in [-0.25, -0.2) is 0 Å². The number of aromatic nitrogens is 1. The summed E-state index contributed by atoms with van der Waals surface area (Å²) in [5.74, 6) is 0.845. The number of ether oxygens (including phenoxy) is 1. The summed E-state index contributed by atoms with van der Waals surface area (Å²) in [7, 11) is 0. The van der Waals surface area contributed by atoms with Crippen molar-refractivity contribution in [2.75, 3.05) is 30.9 Å². The van der Waals surface area contributed by atoms with Crippen LogP contribution in [0, 0.1) is 24.2 Å². The van der Waals surface area contributed by atoms with Crippen LogP contribution < -0.4 is 5.32 Å². The number of hydrogen-bond acceptors (Lipinski definition) is 5. The molecule has 5 nitrogen and oxygen atoms in total. The highest BCUT2D eigenvalue weighted by Crippen LogP contribution is 2.66. The number of aliphatic hydroxyl groups is 1. The van der Waals surface area contributed by atoms with Crippen molar-refractivity contribution < 1.29 is 27.8 Å². The lowest BCUT2D eigenvalue weighted by molar-refractivity contribution is -0.141.